The zero-order valence-corrected chi connectivity index (χ0v) is 78.7. The van der Waals surface area contributed by atoms with Gasteiger partial charge in [0.25, 0.3) is 0 Å². The summed E-state index contributed by atoms with van der Waals surface area (Å²) in [6.45, 7) is 10.1. The van der Waals surface area contributed by atoms with E-state index in [4.69, 9.17) is 34.4 Å². The van der Waals surface area contributed by atoms with Crippen LogP contribution in [0.5, 0.6) is 0 Å². The van der Waals surface area contributed by atoms with Gasteiger partial charge in [-0.2, -0.15) is 0 Å². The number of hydrogen-bond acceptors (Lipinski definition) is 30. The number of rotatable bonds is 74. The number of primary amides is 3. The molecule has 0 spiro atoms. The van der Waals surface area contributed by atoms with Gasteiger partial charge in [-0.1, -0.05) is 55.4 Å². The van der Waals surface area contributed by atoms with E-state index in [-0.39, 0.29) is 57.5 Å². The van der Waals surface area contributed by atoms with Crippen LogP contribution in [0.2, 0.25) is 0 Å². The Bertz CT molecular complexity index is 4270. The monoisotopic (exact) mass is 1990 g/mol. The van der Waals surface area contributed by atoms with Crippen LogP contribution in [0.25, 0.3) is 0 Å². The summed E-state index contributed by atoms with van der Waals surface area (Å²) in [4.78, 5) is 344. The summed E-state index contributed by atoms with van der Waals surface area (Å²) in [6.07, 6.45) is -12.2. The summed E-state index contributed by atoms with van der Waals surface area (Å²) >= 11 is 0. The fraction of sp³-hybridized carbons (Fsp3) is 0.687. The zero-order valence-electron chi connectivity index (χ0n) is 78.7. The van der Waals surface area contributed by atoms with E-state index in [2.05, 4.69) is 79.8 Å². The van der Waals surface area contributed by atoms with Crippen molar-refractivity contribution in [2.24, 2.45) is 58.1 Å². The fourth-order valence-corrected chi connectivity index (χ4v) is 13.2. The van der Waals surface area contributed by atoms with E-state index in [0.717, 1.165) is 0 Å². The lowest BCUT2D eigenvalue weighted by Crippen LogP contribution is -2.61. The first-order valence-electron chi connectivity index (χ1n) is 44.8. The molecule has 0 radical (unpaired) electrons. The molecule has 0 aliphatic carbocycles. The Morgan fingerprint density at radius 1 is 0.252 bits per heavy atom. The van der Waals surface area contributed by atoms with E-state index in [0.29, 0.717) is 12.8 Å². The molecule has 0 bridgehead atoms. The Morgan fingerprint density at radius 3 is 0.777 bits per heavy atom. The summed E-state index contributed by atoms with van der Waals surface area (Å²) in [7, 11) is 0. The molecule has 0 aromatic heterocycles. The van der Waals surface area contributed by atoms with Gasteiger partial charge in [-0.05, 0) is 139 Å². The molecule has 0 aromatic carbocycles. The highest BCUT2D eigenvalue weighted by molar-refractivity contribution is 6.02. The third-order valence-electron chi connectivity index (χ3n) is 20.5. The molecular weight excluding hydrogens is 1850 g/mol. The summed E-state index contributed by atoms with van der Waals surface area (Å²) in [5.74, 6) is -36.8. The van der Waals surface area contributed by atoms with Gasteiger partial charge in [-0.25, -0.2) is 4.79 Å². The topological polar surface area (TPSA) is 954 Å². The normalized spacial score (nSPS) is 14.6. The van der Waals surface area contributed by atoms with Gasteiger partial charge in [-0.15, -0.1) is 0 Å². The van der Waals surface area contributed by atoms with Crippen LogP contribution in [0.1, 0.15) is 216 Å². The van der Waals surface area contributed by atoms with Crippen LogP contribution in [0.4, 0.5) is 0 Å². The smallest absolute Gasteiger partial charge is 0.326 e. The van der Waals surface area contributed by atoms with E-state index in [1.807, 2.05) is 5.32 Å². The highest BCUT2D eigenvalue weighted by Gasteiger charge is 2.41. The number of unbranched alkanes of at least 4 members (excludes halogenated alkanes) is 2. The first kappa shape index (κ1) is 125. The number of aliphatic hydroxyl groups is 1. The summed E-state index contributed by atoms with van der Waals surface area (Å²) < 4.78 is 0. The molecule has 784 valence electrons. The number of carbonyl (C=O) groups is 26. The largest absolute Gasteiger partial charge is 0.481 e. The maximum absolute atomic E-state index is 14.3. The molecule has 0 fully saturated rings. The first-order valence-corrected chi connectivity index (χ1v) is 44.8. The molecule has 0 aliphatic heterocycles. The maximum Gasteiger partial charge on any atom is 0.326 e. The van der Waals surface area contributed by atoms with Crippen molar-refractivity contribution >= 4 is 154 Å². The van der Waals surface area contributed by atoms with Crippen molar-refractivity contribution in [3.8, 4) is 0 Å². The molecule has 0 unspecified atom stereocenters. The third-order valence-corrected chi connectivity index (χ3v) is 20.5. The molecule has 0 saturated carbocycles. The number of aliphatic carboxylic acids is 7. The third kappa shape index (κ3) is 53.4. The molecule has 56 nitrogen and oxygen atoms in total. The molecule has 0 heterocycles. The summed E-state index contributed by atoms with van der Waals surface area (Å²) in [6, 6.07) is -29.2. The lowest BCUT2D eigenvalue weighted by Gasteiger charge is -2.29. The minimum absolute atomic E-state index is 0.0609. The van der Waals surface area contributed by atoms with Crippen molar-refractivity contribution < 1.29 is 166 Å². The maximum atomic E-state index is 14.3. The SMILES string of the molecule is CC(C)C[C@H](NC(=O)[C@H](CO)NC(=O)CNC(=O)[C@H](CCC(=O)O)NC(=O)[C@H](CC(C)C)NC(=O)[C@H](CC(=O)O)NC(=O)[C@H](CC(=O)O)NC(=O)[C@@H](NC(=O)[C@H](CCC(N)=O)NC(=O)[C@H](CCC(N)=O)NC(=O)[C@H](CCC(=O)O)NC(=O)[C@@H](N)CC(C)C)C(C)C)C(=O)N[C@@H](CCC(=O)O)C(=O)N[C@@H](CCC(N)=O)C(=O)N[C@@H](CCC(=O)O)C(=O)N[C@@H](CCCCN)C(=O)N[C@@H](CCCCN)C(=O)O. The lowest BCUT2D eigenvalue weighted by molar-refractivity contribution is -0.144. The first-order chi connectivity index (χ1) is 64.9. The predicted octanol–water partition coefficient (Wildman–Crippen LogP) is -9.96. The number of carbonyl (C=O) groups excluding carboxylic acids is 19. The summed E-state index contributed by atoms with van der Waals surface area (Å²) in [5, 5.41) is 114. The van der Waals surface area contributed by atoms with E-state index >= 15 is 0 Å². The molecule has 56 heteroatoms. The zero-order chi connectivity index (χ0) is 106. The molecule has 139 heavy (non-hydrogen) atoms. The van der Waals surface area contributed by atoms with Gasteiger partial charge in [0, 0.05) is 44.9 Å². The molecular formula is C83H138N22O34. The van der Waals surface area contributed by atoms with Gasteiger partial charge < -0.3 is 160 Å². The van der Waals surface area contributed by atoms with Crippen LogP contribution in [0, 0.1) is 23.7 Å². The molecule has 0 saturated heterocycles. The van der Waals surface area contributed by atoms with Gasteiger partial charge in [0.1, 0.15) is 90.6 Å². The van der Waals surface area contributed by atoms with Crippen molar-refractivity contribution in [1.29, 1.82) is 0 Å². The number of carboxylic acids is 7. The Hall–Kier alpha value is -13.9. The van der Waals surface area contributed by atoms with Crippen LogP contribution in [0.15, 0.2) is 0 Å². The van der Waals surface area contributed by atoms with Crippen LogP contribution >= 0.6 is 0 Å². The second-order valence-corrected chi connectivity index (χ2v) is 34.4. The highest BCUT2D eigenvalue weighted by atomic mass is 16.4. The number of amides is 19. The molecule has 0 aromatic rings. The van der Waals surface area contributed by atoms with Crippen LogP contribution < -0.4 is 119 Å². The Balaban J connectivity index is 7.13. The molecule has 16 atom stereocenters. The Kier molecular flexibility index (Phi) is 59.1. The highest BCUT2D eigenvalue weighted by Crippen LogP contribution is 2.17. The van der Waals surface area contributed by atoms with Crippen molar-refractivity contribution in [2.45, 2.75) is 313 Å². The number of nitrogens with two attached hydrogens (primary N) is 6. The molecule has 36 N–H and O–H groups in total. The number of aliphatic hydroxyl groups excluding tert-OH is 1. The fourth-order valence-electron chi connectivity index (χ4n) is 13.2. The minimum Gasteiger partial charge on any atom is -0.481 e. The van der Waals surface area contributed by atoms with E-state index in [9.17, 15) is 166 Å². The number of carboxylic acid groups (broad SMARTS) is 7. The molecule has 0 aliphatic rings. The average molecular weight is 1990 g/mol. The van der Waals surface area contributed by atoms with Crippen molar-refractivity contribution in [2.75, 3.05) is 26.2 Å². The Morgan fingerprint density at radius 2 is 0.496 bits per heavy atom. The average Bonchev–Trinajstić information content (AvgIpc) is 0.840. The van der Waals surface area contributed by atoms with Gasteiger partial charge in [0.2, 0.25) is 112 Å². The van der Waals surface area contributed by atoms with Gasteiger partial charge in [-0.3, -0.25) is 120 Å². The van der Waals surface area contributed by atoms with Crippen LogP contribution in [-0.4, -0.2) is 318 Å². The standard InChI is InChI=1S/C83H138N22O34/c1-38(2)31-42(86)68(123)92-48(19-26-62(113)114)73(128)95-45(15-22-57(87)107)71(126)97-47(17-24-59(89)109)76(131)105-67(41(7)8)82(137)104-55(35-66(121)122)80(135)103-54(34-65(119)120)79(134)101-52(32-39(3)4)77(132)94-44(18-25-61(111)112)69(124)90-36-60(110)91-56(37-106)81(136)102-53(33-40(5)6)78(133)99-50(21-28-64(117)118)75(130)96-46(16-23-58(88)108)72(127)98-49(20-27-63(115)116)74(129)93-43(13-9-11-29-84)70(125)100-51(83(138)139)14-10-12-30-85/h38-56,67,106H,9-37,84-86H2,1-8H3,(H2,87,107)(H2,88,108)(H2,89,109)(H,90,124)(H,91,110)(H,92,123)(H,93,129)(H,94,132)(H,95,128)(H,96,130)(H,97,126)(H,98,127)(H,99,133)(H,100,125)(H,101,134)(H,102,136)(H,103,135)(H,104,137)(H,105,131)(H,111,112)(H,113,114)(H,115,116)(H,117,118)(H,119,120)(H,121,122)(H,138,139)/t42-,43-,44-,45-,46-,47-,48-,49-,50-,51-,52-,53-,54-,55-,56-,67-/m0/s1. The lowest BCUT2D eigenvalue weighted by atomic mass is 10.0. The Labute approximate surface area is 798 Å². The summed E-state index contributed by atoms with van der Waals surface area (Å²) in [5.41, 5.74) is 33.3. The second kappa shape index (κ2) is 65.7. The van der Waals surface area contributed by atoms with Crippen molar-refractivity contribution in [3.63, 3.8) is 0 Å². The van der Waals surface area contributed by atoms with Gasteiger partial charge >= 0.3 is 41.8 Å². The van der Waals surface area contributed by atoms with Gasteiger partial charge in [0.05, 0.1) is 32.0 Å². The number of nitrogens with one attached hydrogen (secondary N) is 16. The minimum atomic E-state index is -2.28. The predicted molar refractivity (Wildman–Crippen MR) is 481 cm³/mol. The van der Waals surface area contributed by atoms with E-state index < -0.39 is 391 Å². The van der Waals surface area contributed by atoms with Crippen molar-refractivity contribution in [1.82, 2.24) is 85.1 Å². The molecule has 19 amide bonds. The van der Waals surface area contributed by atoms with Crippen molar-refractivity contribution in [3.05, 3.63) is 0 Å². The number of hydrogen-bond donors (Lipinski definition) is 30. The van der Waals surface area contributed by atoms with E-state index in [1.165, 1.54) is 27.7 Å². The second-order valence-electron chi connectivity index (χ2n) is 34.4. The van der Waals surface area contributed by atoms with E-state index in [1.54, 1.807) is 27.7 Å². The quantitative estimate of drug-likeness (QED) is 0.0251. The van der Waals surface area contributed by atoms with Crippen LogP contribution in [-0.2, 0) is 125 Å². The molecule has 0 rings (SSSR count). The van der Waals surface area contributed by atoms with Gasteiger partial charge in [0.15, 0.2) is 0 Å². The van der Waals surface area contributed by atoms with Crippen LogP contribution in [0.3, 0.4) is 0 Å².